The molecule has 4 saturated heterocycles. The highest BCUT2D eigenvalue weighted by Gasteiger charge is 2.36. The molecule has 4 aliphatic heterocycles. The van der Waals surface area contributed by atoms with E-state index in [1.807, 2.05) is 7.11 Å². The average molecular weight is 353 g/mol. The van der Waals surface area contributed by atoms with Crippen LogP contribution in [0.2, 0.25) is 0 Å². The summed E-state index contributed by atoms with van der Waals surface area (Å²) >= 11 is 0. The van der Waals surface area contributed by atoms with Gasteiger partial charge in [0.25, 0.3) is 0 Å². The fourth-order valence-electron chi connectivity index (χ4n) is 4.66. The highest BCUT2D eigenvalue weighted by atomic mass is 16.5. The van der Waals surface area contributed by atoms with E-state index >= 15 is 0 Å². The zero-order chi connectivity index (χ0) is 17.6. The Bertz CT molecular complexity index is 423. The van der Waals surface area contributed by atoms with E-state index in [4.69, 9.17) is 9.47 Å². The molecule has 0 aromatic rings. The Balaban J connectivity index is 1.24. The molecule has 0 N–H and O–H groups in total. The number of unbranched alkanes of at least 4 members (excludes halogenated alkanes) is 2. The van der Waals surface area contributed by atoms with Crippen molar-refractivity contribution in [2.75, 3.05) is 46.4 Å². The summed E-state index contributed by atoms with van der Waals surface area (Å²) in [6.45, 7) is 9.00. The summed E-state index contributed by atoms with van der Waals surface area (Å²) in [7, 11) is 1.82. The molecule has 0 aromatic carbocycles. The standard InChI is InChI=1S/C20H36N2O3/c1-16-7-11-21(14-18(16)24-2)10-5-3-4-6-20(23)25-19-15-22-12-8-17(19)9-13-22/h16-19H,3-15H2,1-2H3/t16-,18+,19+/m1/s1. The molecule has 25 heavy (non-hydrogen) atoms. The predicted octanol–water partition coefficient (Wildman–Crippen LogP) is 2.54. The monoisotopic (exact) mass is 352 g/mol. The molecule has 4 heterocycles. The van der Waals surface area contributed by atoms with E-state index in [9.17, 15) is 4.79 Å². The van der Waals surface area contributed by atoms with Crippen LogP contribution in [0.4, 0.5) is 0 Å². The Labute approximate surface area is 153 Å². The molecule has 0 saturated carbocycles. The molecule has 0 unspecified atom stereocenters. The van der Waals surface area contributed by atoms with Gasteiger partial charge >= 0.3 is 5.97 Å². The topological polar surface area (TPSA) is 42.0 Å². The predicted molar refractivity (Wildman–Crippen MR) is 98.5 cm³/mol. The van der Waals surface area contributed by atoms with Crippen LogP contribution in [0.5, 0.6) is 0 Å². The van der Waals surface area contributed by atoms with Crippen molar-refractivity contribution in [3.8, 4) is 0 Å². The van der Waals surface area contributed by atoms with Crippen molar-refractivity contribution in [2.24, 2.45) is 11.8 Å². The van der Waals surface area contributed by atoms with Crippen LogP contribution in [0.25, 0.3) is 0 Å². The lowest BCUT2D eigenvalue weighted by molar-refractivity contribution is -0.158. The number of rotatable bonds is 8. The van der Waals surface area contributed by atoms with Crippen LogP contribution in [-0.2, 0) is 14.3 Å². The van der Waals surface area contributed by atoms with Gasteiger partial charge in [-0.25, -0.2) is 0 Å². The smallest absolute Gasteiger partial charge is 0.306 e. The third-order valence-corrected chi connectivity index (χ3v) is 6.51. The largest absolute Gasteiger partial charge is 0.461 e. The van der Waals surface area contributed by atoms with Crippen molar-refractivity contribution in [3.63, 3.8) is 0 Å². The first-order chi connectivity index (χ1) is 12.2. The molecule has 0 amide bonds. The number of esters is 1. The third-order valence-electron chi connectivity index (χ3n) is 6.51. The van der Waals surface area contributed by atoms with Crippen LogP contribution in [-0.4, -0.2) is 74.4 Å². The number of fused-ring (bicyclic) bond motifs is 3. The number of hydrogen-bond donors (Lipinski definition) is 0. The number of ether oxygens (including phenoxy) is 2. The molecule has 4 aliphatic rings. The van der Waals surface area contributed by atoms with Crippen LogP contribution in [0.1, 0.15) is 51.9 Å². The molecule has 5 heteroatoms. The van der Waals surface area contributed by atoms with Crippen LogP contribution >= 0.6 is 0 Å². The molecule has 144 valence electrons. The zero-order valence-electron chi connectivity index (χ0n) is 16.1. The minimum absolute atomic E-state index is 0.0185. The maximum atomic E-state index is 12.1. The highest BCUT2D eigenvalue weighted by molar-refractivity contribution is 5.69. The van der Waals surface area contributed by atoms with E-state index in [-0.39, 0.29) is 12.1 Å². The Hall–Kier alpha value is -0.650. The first-order valence-electron chi connectivity index (χ1n) is 10.3. The summed E-state index contributed by atoms with van der Waals surface area (Å²) in [5.41, 5.74) is 0. The summed E-state index contributed by atoms with van der Waals surface area (Å²) < 4.78 is 11.3. The molecule has 5 nitrogen and oxygen atoms in total. The van der Waals surface area contributed by atoms with Gasteiger partial charge in [0.05, 0.1) is 6.10 Å². The zero-order valence-corrected chi connectivity index (χ0v) is 16.1. The van der Waals surface area contributed by atoms with E-state index in [1.165, 1.54) is 38.9 Å². The van der Waals surface area contributed by atoms with Crippen molar-refractivity contribution >= 4 is 5.97 Å². The summed E-state index contributed by atoms with van der Waals surface area (Å²) in [6.07, 6.45) is 7.99. The number of hydrogen-bond acceptors (Lipinski definition) is 5. The molecular weight excluding hydrogens is 316 g/mol. The second kappa shape index (κ2) is 9.33. The second-order valence-corrected chi connectivity index (χ2v) is 8.32. The number of piperidine rings is 4. The SMILES string of the molecule is CO[C@H]1CN(CCCCCC(=O)O[C@H]2CN3CCC2CC3)CC[C@H]1C. The molecule has 0 aromatic heterocycles. The molecule has 0 radical (unpaired) electrons. The fraction of sp³-hybridized carbons (Fsp3) is 0.950. The Kier molecular flexibility index (Phi) is 7.14. The van der Waals surface area contributed by atoms with Gasteiger partial charge in [0, 0.05) is 26.6 Å². The number of methoxy groups -OCH3 is 1. The van der Waals surface area contributed by atoms with E-state index < -0.39 is 0 Å². The van der Waals surface area contributed by atoms with Gasteiger partial charge < -0.3 is 14.4 Å². The lowest BCUT2D eigenvalue weighted by Crippen LogP contribution is -2.51. The molecular formula is C20H36N2O3. The third kappa shape index (κ3) is 5.41. The van der Waals surface area contributed by atoms with Gasteiger partial charge in [-0.3, -0.25) is 9.69 Å². The highest BCUT2D eigenvalue weighted by Crippen LogP contribution is 2.29. The fourth-order valence-corrected chi connectivity index (χ4v) is 4.66. The quantitative estimate of drug-likeness (QED) is 0.496. The maximum Gasteiger partial charge on any atom is 0.306 e. The molecule has 4 rings (SSSR count). The second-order valence-electron chi connectivity index (χ2n) is 8.32. The van der Waals surface area contributed by atoms with Gasteiger partial charge in [-0.2, -0.15) is 0 Å². The van der Waals surface area contributed by atoms with E-state index in [2.05, 4.69) is 16.7 Å². The van der Waals surface area contributed by atoms with Crippen molar-refractivity contribution in [2.45, 2.75) is 64.1 Å². The van der Waals surface area contributed by atoms with Crippen LogP contribution < -0.4 is 0 Å². The summed E-state index contributed by atoms with van der Waals surface area (Å²) in [5.74, 6) is 1.30. The van der Waals surface area contributed by atoms with Crippen LogP contribution in [0.15, 0.2) is 0 Å². The molecule has 3 atom stereocenters. The lowest BCUT2D eigenvalue weighted by Gasteiger charge is -2.43. The van der Waals surface area contributed by atoms with Gasteiger partial charge in [0.2, 0.25) is 0 Å². The minimum atomic E-state index is 0.0185. The maximum absolute atomic E-state index is 12.1. The number of carbonyl (C=O) groups excluding carboxylic acids is 1. The van der Waals surface area contributed by atoms with Crippen molar-refractivity contribution in [1.29, 1.82) is 0 Å². The average Bonchev–Trinajstić information content (AvgIpc) is 2.63. The van der Waals surface area contributed by atoms with Gasteiger partial charge in [-0.15, -0.1) is 0 Å². The molecule has 4 fully saturated rings. The number of nitrogens with zero attached hydrogens (tertiary/aromatic N) is 2. The van der Waals surface area contributed by atoms with Crippen molar-refractivity contribution in [1.82, 2.24) is 9.80 Å². The molecule has 2 bridgehead atoms. The van der Waals surface area contributed by atoms with Gasteiger partial charge in [0.15, 0.2) is 0 Å². The van der Waals surface area contributed by atoms with E-state index in [1.54, 1.807) is 0 Å². The van der Waals surface area contributed by atoms with Gasteiger partial charge in [-0.05, 0) is 70.1 Å². The normalized spacial score (nSPS) is 35.7. The number of likely N-dealkylation sites (tertiary alicyclic amines) is 1. The number of carbonyl (C=O) groups is 1. The summed E-state index contributed by atoms with van der Waals surface area (Å²) in [5, 5.41) is 0. The van der Waals surface area contributed by atoms with Crippen LogP contribution in [0, 0.1) is 11.8 Å². The minimum Gasteiger partial charge on any atom is -0.461 e. The van der Waals surface area contributed by atoms with E-state index in [0.717, 1.165) is 38.9 Å². The summed E-state index contributed by atoms with van der Waals surface area (Å²) in [4.78, 5) is 17.1. The lowest BCUT2D eigenvalue weighted by atomic mass is 9.86. The molecule has 0 spiro atoms. The first-order valence-corrected chi connectivity index (χ1v) is 10.3. The first kappa shape index (κ1) is 19.1. The van der Waals surface area contributed by atoms with Crippen LogP contribution in [0.3, 0.4) is 0 Å². The Morgan fingerprint density at radius 1 is 1.00 bits per heavy atom. The van der Waals surface area contributed by atoms with E-state index in [0.29, 0.717) is 24.4 Å². The van der Waals surface area contributed by atoms with Gasteiger partial charge in [0.1, 0.15) is 6.10 Å². The Morgan fingerprint density at radius 3 is 2.48 bits per heavy atom. The Morgan fingerprint density at radius 2 is 1.80 bits per heavy atom. The van der Waals surface area contributed by atoms with Gasteiger partial charge in [-0.1, -0.05) is 13.3 Å². The van der Waals surface area contributed by atoms with Crippen molar-refractivity contribution < 1.29 is 14.3 Å². The molecule has 0 aliphatic carbocycles. The summed E-state index contributed by atoms with van der Waals surface area (Å²) in [6, 6.07) is 0. The van der Waals surface area contributed by atoms with Crippen molar-refractivity contribution in [3.05, 3.63) is 0 Å².